The van der Waals surface area contributed by atoms with Crippen LogP contribution in [0.5, 0.6) is 0 Å². The van der Waals surface area contributed by atoms with Crippen molar-refractivity contribution in [1.29, 1.82) is 0 Å². The Morgan fingerprint density at radius 1 is 1.22 bits per heavy atom. The number of para-hydroxylation sites is 2. The third-order valence-corrected chi connectivity index (χ3v) is 4.86. The highest BCUT2D eigenvalue weighted by Gasteiger charge is 2.43. The van der Waals surface area contributed by atoms with E-state index in [4.69, 9.17) is 0 Å². The first kappa shape index (κ1) is 19.0. The molecule has 0 saturated heterocycles. The number of halogens is 2. The predicted octanol–water partition coefficient (Wildman–Crippen LogP) is 2.35. The highest BCUT2D eigenvalue weighted by molar-refractivity contribution is 6.14. The van der Waals surface area contributed by atoms with E-state index >= 15 is 0 Å². The van der Waals surface area contributed by atoms with Crippen LogP contribution in [0.4, 0.5) is 20.2 Å². The van der Waals surface area contributed by atoms with Crippen molar-refractivity contribution >= 4 is 23.2 Å². The average molecular weight is 374 g/mol. The maximum Gasteiger partial charge on any atom is 0.283 e. The number of carbonyl (C=O) groups is 2. The Morgan fingerprint density at radius 2 is 1.93 bits per heavy atom. The predicted molar refractivity (Wildman–Crippen MR) is 98.2 cm³/mol. The summed E-state index contributed by atoms with van der Waals surface area (Å²) < 4.78 is 27.0. The van der Waals surface area contributed by atoms with E-state index in [2.05, 4.69) is 5.32 Å². The number of nitrogens with two attached hydrogens (primary N) is 1. The Balaban J connectivity index is 1.80. The summed E-state index contributed by atoms with van der Waals surface area (Å²) in [5.74, 6) is -1.82. The minimum atomic E-state index is -1.05. The van der Waals surface area contributed by atoms with E-state index in [1.165, 1.54) is 17.0 Å². The largest absolute Gasteiger partial charge is 0.332 e. The van der Waals surface area contributed by atoms with Gasteiger partial charge in [-0.2, -0.15) is 0 Å². The molecule has 2 aromatic carbocycles. The molecule has 0 radical (unpaired) electrons. The number of carbonyl (C=O) groups excluding carboxylic acids is 2. The molecular formula is C20H22F2N3O2+. The summed E-state index contributed by atoms with van der Waals surface area (Å²) >= 11 is 0. The molecule has 0 bridgehead atoms. The van der Waals surface area contributed by atoms with Crippen molar-refractivity contribution in [3.8, 4) is 0 Å². The van der Waals surface area contributed by atoms with Crippen molar-refractivity contribution in [3.05, 3.63) is 59.7 Å². The Morgan fingerprint density at radius 3 is 2.63 bits per heavy atom. The molecule has 0 spiro atoms. The molecule has 3 N–H and O–H groups in total. The molecule has 0 aromatic heterocycles. The van der Waals surface area contributed by atoms with E-state index < -0.39 is 17.2 Å². The van der Waals surface area contributed by atoms with Crippen LogP contribution in [0.15, 0.2) is 42.5 Å². The van der Waals surface area contributed by atoms with Gasteiger partial charge in [0.15, 0.2) is 6.54 Å². The monoisotopic (exact) mass is 374 g/mol. The standard InChI is InChI=1S/C20H21F2N3O2/c1-12(14-9-8-13(21)10-15(14)22)23-11-18(26)25-17-7-5-4-6-16(17)24-19(27)20(25,2)3/h4-10,12,23H,11H2,1-3H3,(H,24,27)/p+1/t12-/m0/s1. The minimum Gasteiger partial charge on any atom is -0.332 e. The van der Waals surface area contributed by atoms with Gasteiger partial charge in [0.2, 0.25) is 5.91 Å². The molecule has 27 heavy (non-hydrogen) atoms. The number of nitrogens with one attached hydrogen (secondary N) is 1. The number of hydrogen-bond acceptors (Lipinski definition) is 2. The van der Waals surface area contributed by atoms with Gasteiger partial charge in [0, 0.05) is 11.6 Å². The third-order valence-electron chi connectivity index (χ3n) is 4.86. The number of amides is 2. The first-order valence-corrected chi connectivity index (χ1v) is 8.73. The molecular weight excluding hydrogens is 352 g/mol. The number of hydrogen-bond donors (Lipinski definition) is 2. The number of rotatable bonds is 4. The van der Waals surface area contributed by atoms with Crippen molar-refractivity contribution in [1.82, 2.24) is 0 Å². The van der Waals surface area contributed by atoms with E-state index in [0.717, 1.165) is 6.07 Å². The summed E-state index contributed by atoms with van der Waals surface area (Å²) in [6.45, 7) is 5.12. The molecule has 1 heterocycles. The zero-order valence-corrected chi connectivity index (χ0v) is 15.4. The normalized spacial score (nSPS) is 16.5. The van der Waals surface area contributed by atoms with Crippen LogP contribution in [0.1, 0.15) is 32.4 Å². The van der Waals surface area contributed by atoms with Crippen LogP contribution in [0.3, 0.4) is 0 Å². The highest BCUT2D eigenvalue weighted by atomic mass is 19.1. The number of quaternary nitrogens is 1. The van der Waals surface area contributed by atoms with Gasteiger partial charge in [-0.15, -0.1) is 0 Å². The molecule has 0 saturated carbocycles. The Labute approximate surface area is 156 Å². The van der Waals surface area contributed by atoms with Gasteiger partial charge in [-0.25, -0.2) is 8.78 Å². The Hall–Kier alpha value is -2.80. The second-order valence-electron chi connectivity index (χ2n) is 7.15. The van der Waals surface area contributed by atoms with Crippen LogP contribution >= 0.6 is 0 Å². The summed E-state index contributed by atoms with van der Waals surface area (Å²) in [6.07, 6.45) is 0. The zero-order valence-electron chi connectivity index (χ0n) is 15.4. The van der Waals surface area contributed by atoms with E-state index in [-0.39, 0.29) is 24.4 Å². The van der Waals surface area contributed by atoms with Gasteiger partial charge in [-0.3, -0.25) is 14.5 Å². The van der Waals surface area contributed by atoms with Crippen molar-refractivity contribution in [2.45, 2.75) is 32.4 Å². The summed E-state index contributed by atoms with van der Waals surface area (Å²) in [7, 11) is 0. The molecule has 1 atom stereocenters. The summed E-state index contributed by atoms with van der Waals surface area (Å²) in [5.41, 5.74) is 0.470. The van der Waals surface area contributed by atoms with Crippen LogP contribution in [0, 0.1) is 11.6 Å². The number of fused-ring (bicyclic) bond motifs is 1. The smallest absolute Gasteiger partial charge is 0.283 e. The van der Waals surface area contributed by atoms with Crippen LogP contribution in [0.25, 0.3) is 0 Å². The molecule has 5 nitrogen and oxygen atoms in total. The van der Waals surface area contributed by atoms with E-state index in [1.54, 1.807) is 50.4 Å². The topological polar surface area (TPSA) is 66.0 Å². The van der Waals surface area contributed by atoms with Gasteiger partial charge in [-0.1, -0.05) is 12.1 Å². The van der Waals surface area contributed by atoms with Gasteiger partial charge in [-0.05, 0) is 45.0 Å². The maximum absolute atomic E-state index is 13.9. The first-order chi connectivity index (χ1) is 12.7. The van der Waals surface area contributed by atoms with Gasteiger partial charge in [0.05, 0.1) is 11.4 Å². The van der Waals surface area contributed by atoms with Crippen LogP contribution in [-0.2, 0) is 9.59 Å². The molecule has 0 aliphatic carbocycles. The Bertz CT molecular complexity index is 899. The SMILES string of the molecule is C[C@H]([NH2+]CC(=O)N1c2ccccc2NC(=O)C1(C)C)c1ccc(F)cc1F. The molecule has 7 heteroatoms. The molecule has 2 amide bonds. The van der Waals surface area contributed by atoms with Crippen molar-refractivity contribution in [3.63, 3.8) is 0 Å². The summed E-state index contributed by atoms with van der Waals surface area (Å²) in [4.78, 5) is 26.9. The van der Waals surface area contributed by atoms with E-state index in [9.17, 15) is 18.4 Å². The third kappa shape index (κ3) is 3.55. The van der Waals surface area contributed by atoms with E-state index in [0.29, 0.717) is 16.9 Å². The second-order valence-corrected chi connectivity index (χ2v) is 7.15. The lowest BCUT2D eigenvalue weighted by Crippen LogP contribution is -2.87. The molecule has 0 unspecified atom stereocenters. The highest BCUT2D eigenvalue weighted by Crippen LogP contribution is 2.36. The number of anilines is 2. The first-order valence-electron chi connectivity index (χ1n) is 8.73. The molecule has 0 fully saturated rings. The van der Waals surface area contributed by atoms with E-state index in [1.807, 2.05) is 0 Å². The quantitative estimate of drug-likeness (QED) is 0.863. The van der Waals surface area contributed by atoms with Crippen molar-refractivity contribution in [2.75, 3.05) is 16.8 Å². The maximum atomic E-state index is 13.9. The molecule has 1 aliphatic rings. The van der Waals surface area contributed by atoms with Crippen LogP contribution < -0.4 is 15.5 Å². The fraction of sp³-hybridized carbons (Fsp3) is 0.300. The molecule has 2 aromatic rings. The number of nitrogens with zero attached hydrogens (tertiary/aromatic N) is 1. The van der Waals surface area contributed by atoms with Gasteiger partial charge in [0.1, 0.15) is 23.2 Å². The Kier molecular flexibility index (Phi) is 4.97. The van der Waals surface area contributed by atoms with Crippen molar-refractivity contribution in [2.24, 2.45) is 0 Å². The van der Waals surface area contributed by atoms with Crippen LogP contribution in [-0.4, -0.2) is 23.9 Å². The minimum absolute atomic E-state index is 0.0169. The zero-order chi connectivity index (χ0) is 19.8. The molecule has 142 valence electrons. The average Bonchev–Trinajstić information content (AvgIpc) is 2.60. The molecule has 3 rings (SSSR count). The lowest BCUT2D eigenvalue weighted by Gasteiger charge is -2.41. The molecule has 1 aliphatic heterocycles. The van der Waals surface area contributed by atoms with Gasteiger partial charge >= 0.3 is 0 Å². The summed E-state index contributed by atoms with van der Waals surface area (Å²) in [6, 6.07) is 10.1. The fourth-order valence-corrected chi connectivity index (χ4v) is 3.26. The summed E-state index contributed by atoms with van der Waals surface area (Å²) in [5, 5.41) is 4.48. The second kappa shape index (κ2) is 7.08. The lowest BCUT2D eigenvalue weighted by atomic mass is 9.96. The lowest BCUT2D eigenvalue weighted by molar-refractivity contribution is -0.682. The van der Waals surface area contributed by atoms with Crippen molar-refractivity contribution < 1.29 is 23.7 Å². The fourth-order valence-electron chi connectivity index (χ4n) is 3.26. The van der Waals surface area contributed by atoms with Crippen LogP contribution in [0.2, 0.25) is 0 Å². The van der Waals surface area contributed by atoms with Gasteiger partial charge < -0.3 is 10.6 Å². The number of benzene rings is 2. The van der Waals surface area contributed by atoms with Gasteiger partial charge in [0.25, 0.3) is 5.91 Å².